The molecule has 1 aromatic carbocycles. The molecule has 0 saturated carbocycles. The molecule has 0 aliphatic heterocycles. The van der Waals surface area contributed by atoms with Crippen molar-refractivity contribution >= 4 is 19.2 Å². The first kappa shape index (κ1) is 13.0. The topological polar surface area (TPSA) is 26.3 Å². The first-order valence-electron chi connectivity index (χ1n) is 5.64. The number of hydrogen-bond acceptors (Lipinski definition) is 2. The molecule has 3 heteroatoms. The molecule has 0 N–H and O–H groups in total. The fourth-order valence-electron chi connectivity index (χ4n) is 2.05. The first-order valence-corrected chi connectivity index (χ1v) is 8.85. The van der Waals surface area contributed by atoms with Crippen LogP contribution in [0.2, 0.25) is 19.1 Å². The number of carbonyl (C=O) groups excluding carboxylic acids is 1. The minimum Gasteiger partial charge on any atom is -0.463 e. The Morgan fingerprint density at radius 1 is 1.31 bits per heavy atom. The largest absolute Gasteiger partial charge is 0.463 e. The summed E-state index contributed by atoms with van der Waals surface area (Å²) in [6.45, 7) is 8.05. The molecular weight excluding hydrogens is 216 g/mol. The van der Waals surface area contributed by atoms with E-state index in [1.807, 2.05) is 13.0 Å². The predicted molar refractivity (Wildman–Crippen MR) is 69.6 cm³/mol. The molecule has 0 fully saturated rings. The lowest BCUT2D eigenvalue weighted by atomic mass is 10.4. The van der Waals surface area contributed by atoms with Gasteiger partial charge in [0.15, 0.2) is 0 Å². The Hall–Kier alpha value is -1.09. The zero-order chi connectivity index (χ0) is 12.2. The monoisotopic (exact) mass is 236 g/mol. The molecule has 1 aromatic rings. The van der Waals surface area contributed by atoms with E-state index in [9.17, 15) is 4.79 Å². The number of esters is 1. The molecule has 2 nitrogen and oxygen atoms in total. The molecule has 0 spiro atoms. The van der Waals surface area contributed by atoms with Crippen LogP contribution in [-0.2, 0) is 9.53 Å². The van der Waals surface area contributed by atoms with Gasteiger partial charge in [-0.05, 0) is 13.0 Å². The summed E-state index contributed by atoms with van der Waals surface area (Å²) >= 11 is 0. The zero-order valence-corrected chi connectivity index (χ0v) is 11.5. The van der Waals surface area contributed by atoms with Crippen LogP contribution in [0.5, 0.6) is 0 Å². The minimum absolute atomic E-state index is 0.0133. The van der Waals surface area contributed by atoms with Crippen LogP contribution in [0, 0.1) is 0 Å². The highest BCUT2D eigenvalue weighted by Crippen LogP contribution is 2.14. The van der Waals surface area contributed by atoms with Crippen LogP contribution in [0.1, 0.15) is 13.8 Å². The van der Waals surface area contributed by atoms with E-state index in [2.05, 4.69) is 37.4 Å². The van der Waals surface area contributed by atoms with Crippen molar-refractivity contribution in [3.05, 3.63) is 30.3 Å². The second kappa shape index (κ2) is 5.30. The second-order valence-corrected chi connectivity index (χ2v) is 9.63. The molecule has 16 heavy (non-hydrogen) atoms. The molecule has 0 bridgehead atoms. The summed E-state index contributed by atoms with van der Waals surface area (Å²) in [5, 5.41) is 1.41. The predicted octanol–water partition coefficient (Wildman–Crippen LogP) is 2.55. The van der Waals surface area contributed by atoms with E-state index in [-0.39, 0.29) is 12.1 Å². The van der Waals surface area contributed by atoms with Crippen LogP contribution in [0.25, 0.3) is 0 Å². The molecule has 0 heterocycles. The van der Waals surface area contributed by atoms with Crippen molar-refractivity contribution in [1.29, 1.82) is 0 Å². The van der Waals surface area contributed by atoms with Gasteiger partial charge >= 0.3 is 5.97 Å². The van der Waals surface area contributed by atoms with Gasteiger partial charge in [0.25, 0.3) is 0 Å². The quantitative estimate of drug-likeness (QED) is 0.593. The Labute approximate surface area is 98.6 Å². The highest BCUT2D eigenvalue weighted by atomic mass is 28.3. The second-order valence-electron chi connectivity index (χ2n) is 4.87. The van der Waals surface area contributed by atoms with E-state index in [0.717, 1.165) is 6.04 Å². The van der Waals surface area contributed by atoms with E-state index in [0.29, 0.717) is 0 Å². The van der Waals surface area contributed by atoms with Crippen LogP contribution >= 0.6 is 0 Å². The highest BCUT2D eigenvalue weighted by molar-refractivity contribution is 6.89. The average Bonchev–Trinajstić information content (AvgIpc) is 2.16. The summed E-state index contributed by atoms with van der Waals surface area (Å²) in [7, 11) is -1.49. The van der Waals surface area contributed by atoms with E-state index in [1.54, 1.807) is 0 Å². The molecule has 88 valence electrons. The van der Waals surface area contributed by atoms with Crippen molar-refractivity contribution in [3.8, 4) is 0 Å². The van der Waals surface area contributed by atoms with Gasteiger partial charge in [-0.2, -0.15) is 0 Å². The van der Waals surface area contributed by atoms with Crippen molar-refractivity contribution in [2.75, 3.05) is 0 Å². The molecule has 0 radical (unpaired) electrons. The fraction of sp³-hybridized carbons (Fsp3) is 0.462. The summed E-state index contributed by atoms with van der Waals surface area (Å²) in [5.74, 6) is -0.189. The van der Waals surface area contributed by atoms with Crippen LogP contribution in [0.15, 0.2) is 30.3 Å². The molecule has 0 aromatic heterocycles. The van der Waals surface area contributed by atoms with E-state index in [1.165, 1.54) is 12.1 Å². The van der Waals surface area contributed by atoms with Crippen LogP contribution in [0.3, 0.4) is 0 Å². The zero-order valence-electron chi connectivity index (χ0n) is 10.5. The van der Waals surface area contributed by atoms with Gasteiger partial charge in [-0.1, -0.05) is 48.6 Å². The van der Waals surface area contributed by atoms with Gasteiger partial charge in [-0.25, -0.2) is 0 Å². The van der Waals surface area contributed by atoms with E-state index in [4.69, 9.17) is 4.74 Å². The Morgan fingerprint density at radius 2 is 1.88 bits per heavy atom. The van der Waals surface area contributed by atoms with Crippen LogP contribution in [0.4, 0.5) is 0 Å². The maximum atomic E-state index is 10.9. The Bertz CT molecular complexity index is 346. The molecule has 0 saturated heterocycles. The molecule has 1 rings (SSSR count). The molecular formula is C13H20O2Si. The summed E-state index contributed by atoms with van der Waals surface area (Å²) in [5.41, 5.74) is 0. The minimum atomic E-state index is -1.49. The van der Waals surface area contributed by atoms with Gasteiger partial charge in [0.1, 0.15) is 0 Å². The Kier molecular flexibility index (Phi) is 4.30. The number of rotatable bonds is 4. The van der Waals surface area contributed by atoms with Crippen molar-refractivity contribution in [3.63, 3.8) is 0 Å². The van der Waals surface area contributed by atoms with E-state index >= 15 is 0 Å². The van der Waals surface area contributed by atoms with Crippen molar-refractivity contribution in [1.82, 2.24) is 0 Å². The van der Waals surface area contributed by atoms with Crippen molar-refractivity contribution in [2.24, 2.45) is 0 Å². The third kappa shape index (κ3) is 3.81. The van der Waals surface area contributed by atoms with Gasteiger partial charge in [-0.15, -0.1) is 0 Å². The number of carbonyl (C=O) groups is 1. The molecule has 0 amide bonds. The molecule has 1 atom stereocenters. The first-order chi connectivity index (χ1) is 7.42. The third-order valence-corrected chi connectivity index (χ3v) is 6.21. The third-order valence-electron chi connectivity index (χ3n) is 2.72. The van der Waals surface area contributed by atoms with E-state index < -0.39 is 8.07 Å². The summed E-state index contributed by atoms with van der Waals surface area (Å²) < 4.78 is 5.20. The number of benzene rings is 1. The summed E-state index contributed by atoms with van der Waals surface area (Å²) in [6.07, 6.45) is 0.0133. The molecule has 1 unspecified atom stereocenters. The van der Waals surface area contributed by atoms with Crippen molar-refractivity contribution < 1.29 is 9.53 Å². The van der Waals surface area contributed by atoms with Crippen LogP contribution < -0.4 is 5.19 Å². The highest BCUT2D eigenvalue weighted by Gasteiger charge is 2.26. The Balaban J connectivity index is 2.68. The van der Waals surface area contributed by atoms with Gasteiger partial charge in [0.2, 0.25) is 0 Å². The lowest BCUT2D eigenvalue weighted by Crippen LogP contribution is -2.44. The molecule has 0 aliphatic carbocycles. The van der Waals surface area contributed by atoms with Gasteiger partial charge < -0.3 is 4.74 Å². The maximum Gasteiger partial charge on any atom is 0.302 e. The maximum absolute atomic E-state index is 10.9. The average molecular weight is 236 g/mol. The fourth-order valence-corrected chi connectivity index (χ4v) is 4.90. The van der Waals surface area contributed by atoms with Crippen molar-refractivity contribution in [2.45, 2.75) is 39.1 Å². The van der Waals surface area contributed by atoms with Gasteiger partial charge in [0, 0.05) is 6.92 Å². The van der Waals surface area contributed by atoms with Crippen LogP contribution in [-0.4, -0.2) is 20.1 Å². The smallest absolute Gasteiger partial charge is 0.302 e. The number of ether oxygens (including phenoxy) is 1. The Morgan fingerprint density at radius 3 is 2.38 bits per heavy atom. The standard InChI is InChI=1S/C13H20O2Si/c1-11(15-12(2)14)10-16(3,4)13-8-6-5-7-9-13/h5-9,11H,10H2,1-4H3. The summed E-state index contributed by atoms with van der Waals surface area (Å²) in [4.78, 5) is 10.9. The SMILES string of the molecule is CC(=O)OC(C)C[Si](C)(C)c1ccccc1. The molecule has 0 aliphatic rings. The van der Waals surface area contributed by atoms with Gasteiger partial charge in [0.05, 0.1) is 14.2 Å². The number of hydrogen-bond donors (Lipinski definition) is 0. The lowest BCUT2D eigenvalue weighted by molar-refractivity contribution is -0.144. The van der Waals surface area contributed by atoms with Gasteiger partial charge in [-0.3, -0.25) is 4.79 Å². The normalized spacial score (nSPS) is 13.2. The lowest BCUT2D eigenvalue weighted by Gasteiger charge is -2.26. The summed E-state index contributed by atoms with van der Waals surface area (Å²) in [6, 6.07) is 11.5.